The molecule has 0 aliphatic heterocycles. The van der Waals surface area contributed by atoms with E-state index in [1.54, 1.807) is 24.3 Å². The van der Waals surface area contributed by atoms with Crippen molar-refractivity contribution in [1.82, 2.24) is 15.2 Å². The number of aromatic amines is 1. The van der Waals surface area contributed by atoms with Crippen LogP contribution >= 0.6 is 0 Å². The zero-order chi connectivity index (χ0) is 18.7. The summed E-state index contributed by atoms with van der Waals surface area (Å²) in [6.45, 7) is 0.150. The highest BCUT2D eigenvalue weighted by molar-refractivity contribution is 7.90. The summed E-state index contributed by atoms with van der Waals surface area (Å²) >= 11 is 0. The summed E-state index contributed by atoms with van der Waals surface area (Å²) in [5.41, 5.74) is 0.950. The smallest absolute Gasteiger partial charge is 0.267 e. The van der Waals surface area contributed by atoms with Crippen LogP contribution < -0.4 is 4.74 Å². The summed E-state index contributed by atoms with van der Waals surface area (Å²) in [5.74, 6) is 0.427. The fraction of sp³-hybridized carbons (Fsp3) is 0.176. The molecule has 0 atom stereocenters. The molecule has 1 aromatic carbocycles. The first-order chi connectivity index (χ1) is 12.3. The molecule has 0 spiro atoms. The van der Waals surface area contributed by atoms with E-state index in [2.05, 4.69) is 15.2 Å². The Kier molecular flexibility index (Phi) is 4.99. The van der Waals surface area contributed by atoms with E-state index in [1.165, 1.54) is 18.3 Å². The second-order valence-electron chi connectivity index (χ2n) is 5.59. The normalized spacial score (nSPS) is 11.7. The average molecular weight is 379 g/mol. The van der Waals surface area contributed by atoms with Gasteiger partial charge >= 0.3 is 0 Å². The first kappa shape index (κ1) is 18.0. The molecule has 26 heavy (non-hydrogen) atoms. The van der Waals surface area contributed by atoms with Crippen LogP contribution in [-0.4, -0.2) is 29.9 Å². The summed E-state index contributed by atoms with van der Waals surface area (Å²) in [7, 11) is -3.29. The highest BCUT2D eigenvalue weighted by Crippen LogP contribution is 2.28. The summed E-state index contributed by atoms with van der Waals surface area (Å²) in [6.07, 6.45) is 0.967. The van der Waals surface area contributed by atoms with Crippen LogP contribution in [-0.2, 0) is 16.4 Å². The van der Waals surface area contributed by atoms with Gasteiger partial charge in [-0.25, -0.2) is 17.2 Å². The highest BCUT2D eigenvalue weighted by Gasteiger charge is 2.17. The minimum atomic E-state index is -3.29. The molecule has 2 aromatic heterocycles. The molecular weight excluding hydrogens is 364 g/mol. The Hall–Kier alpha value is -2.81. The van der Waals surface area contributed by atoms with Crippen LogP contribution in [0.1, 0.15) is 17.6 Å². The molecule has 0 saturated heterocycles. The molecule has 136 valence electrons. The zero-order valence-electron chi connectivity index (χ0n) is 13.7. The Morgan fingerprint density at radius 3 is 2.65 bits per heavy atom. The molecule has 0 amide bonds. The van der Waals surface area contributed by atoms with Crippen LogP contribution in [0.2, 0.25) is 0 Å². The predicted octanol–water partition coefficient (Wildman–Crippen LogP) is 3.39. The number of hydrogen-bond donors (Lipinski definition) is 1. The molecule has 3 aromatic rings. The maximum absolute atomic E-state index is 12.9. The molecule has 0 aliphatic rings. The third-order valence-electron chi connectivity index (χ3n) is 3.63. The number of nitrogens with zero attached hydrogens (tertiary/aromatic N) is 2. The van der Waals surface area contributed by atoms with Gasteiger partial charge in [-0.05, 0) is 29.8 Å². The van der Waals surface area contributed by atoms with E-state index in [0.29, 0.717) is 17.0 Å². The number of ether oxygens (including phenoxy) is 1. The zero-order valence-corrected chi connectivity index (χ0v) is 14.5. The number of benzene rings is 1. The van der Waals surface area contributed by atoms with Gasteiger partial charge in [0.25, 0.3) is 6.43 Å². The molecule has 0 radical (unpaired) electrons. The highest BCUT2D eigenvalue weighted by atomic mass is 32.2. The second kappa shape index (κ2) is 7.20. The lowest BCUT2D eigenvalue weighted by Gasteiger charge is -2.08. The predicted molar refractivity (Wildman–Crippen MR) is 90.7 cm³/mol. The Morgan fingerprint density at radius 2 is 2.00 bits per heavy atom. The lowest BCUT2D eigenvalue weighted by molar-refractivity contribution is 0.152. The third-order valence-corrected chi connectivity index (χ3v) is 4.74. The minimum absolute atomic E-state index is 0.150. The molecule has 1 N–H and O–H groups in total. The molecule has 0 unspecified atom stereocenters. The van der Waals surface area contributed by atoms with Gasteiger partial charge in [0.15, 0.2) is 9.84 Å². The number of halogens is 2. The van der Waals surface area contributed by atoms with Crippen molar-refractivity contribution in [2.75, 3.05) is 6.26 Å². The van der Waals surface area contributed by atoms with Crippen LogP contribution in [0, 0.1) is 0 Å². The van der Waals surface area contributed by atoms with Crippen molar-refractivity contribution >= 4 is 9.84 Å². The topological polar surface area (TPSA) is 84.9 Å². The Balaban J connectivity index is 1.71. The monoisotopic (exact) mass is 379 g/mol. The Bertz CT molecular complexity index is 1000. The lowest BCUT2D eigenvalue weighted by atomic mass is 10.2. The number of alkyl halides is 2. The van der Waals surface area contributed by atoms with Crippen LogP contribution in [0.5, 0.6) is 5.75 Å². The van der Waals surface area contributed by atoms with Crippen LogP contribution in [0.25, 0.3) is 11.4 Å². The van der Waals surface area contributed by atoms with Crippen LogP contribution in [0.15, 0.2) is 53.7 Å². The van der Waals surface area contributed by atoms with Crippen LogP contribution in [0.3, 0.4) is 0 Å². The van der Waals surface area contributed by atoms with Crippen molar-refractivity contribution < 1.29 is 21.9 Å². The van der Waals surface area contributed by atoms with Gasteiger partial charge in [-0.15, -0.1) is 0 Å². The summed E-state index contributed by atoms with van der Waals surface area (Å²) in [6, 6.07) is 9.58. The van der Waals surface area contributed by atoms with E-state index in [-0.39, 0.29) is 22.8 Å². The van der Waals surface area contributed by atoms with Gasteiger partial charge in [-0.2, -0.15) is 5.10 Å². The number of nitrogens with one attached hydrogen (secondary N) is 1. The van der Waals surface area contributed by atoms with Crippen molar-refractivity contribution in [3.8, 4) is 17.1 Å². The molecule has 0 aliphatic carbocycles. The number of rotatable bonds is 6. The first-order valence-corrected chi connectivity index (χ1v) is 9.43. The second-order valence-corrected chi connectivity index (χ2v) is 7.60. The van der Waals surface area contributed by atoms with Crippen molar-refractivity contribution in [2.24, 2.45) is 0 Å². The van der Waals surface area contributed by atoms with Gasteiger partial charge in [0.2, 0.25) is 0 Å². The van der Waals surface area contributed by atoms with E-state index in [9.17, 15) is 17.2 Å². The van der Waals surface area contributed by atoms with E-state index < -0.39 is 16.3 Å². The molecule has 0 fully saturated rings. The molecule has 0 saturated carbocycles. The molecular formula is C17H15F2N3O3S. The summed E-state index contributed by atoms with van der Waals surface area (Å²) < 4.78 is 54.5. The number of pyridine rings is 1. The molecule has 3 rings (SSSR count). The average Bonchev–Trinajstić information content (AvgIpc) is 3.10. The van der Waals surface area contributed by atoms with E-state index in [1.807, 2.05) is 0 Å². The molecule has 9 heteroatoms. The fourth-order valence-corrected chi connectivity index (χ4v) is 3.00. The summed E-state index contributed by atoms with van der Waals surface area (Å²) in [4.78, 5) is 4.32. The van der Waals surface area contributed by atoms with Gasteiger partial charge in [0.05, 0.1) is 34.2 Å². The number of sulfone groups is 1. The van der Waals surface area contributed by atoms with Gasteiger partial charge < -0.3 is 4.74 Å². The maximum Gasteiger partial charge on any atom is 0.267 e. The maximum atomic E-state index is 12.9. The van der Waals surface area contributed by atoms with Crippen molar-refractivity contribution in [3.05, 3.63) is 59.9 Å². The fourth-order valence-electron chi connectivity index (χ4n) is 2.31. The quantitative estimate of drug-likeness (QED) is 0.710. The van der Waals surface area contributed by atoms with E-state index in [0.717, 1.165) is 12.5 Å². The lowest BCUT2D eigenvalue weighted by Crippen LogP contribution is -2.01. The Labute approximate surface area is 148 Å². The number of hydrogen-bond acceptors (Lipinski definition) is 5. The number of H-pyrrole nitrogens is 1. The molecule has 6 nitrogen and oxygen atoms in total. The van der Waals surface area contributed by atoms with Crippen molar-refractivity contribution in [2.45, 2.75) is 17.9 Å². The van der Waals surface area contributed by atoms with Gasteiger partial charge in [-0.3, -0.25) is 10.1 Å². The molecule has 2 heterocycles. The Morgan fingerprint density at radius 1 is 1.19 bits per heavy atom. The van der Waals surface area contributed by atoms with Crippen molar-refractivity contribution in [1.29, 1.82) is 0 Å². The van der Waals surface area contributed by atoms with Crippen molar-refractivity contribution in [3.63, 3.8) is 0 Å². The minimum Gasteiger partial charge on any atom is -0.487 e. The first-order valence-electron chi connectivity index (χ1n) is 7.54. The standard InChI is InChI=1S/C17H15F2N3O3S/c1-26(23,24)13-4-2-3-11(7-13)10-25-12-5-6-15(20-8-12)16-14(17(18)19)9-21-22-16/h2-9,17H,10H2,1H3,(H,21,22). The number of aromatic nitrogens is 3. The van der Waals surface area contributed by atoms with Gasteiger partial charge in [0, 0.05) is 6.26 Å². The SMILES string of the molecule is CS(=O)(=O)c1cccc(COc2ccc(-c3[nH]ncc3C(F)F)nc2)c1. The third kappa shape index (κ3) is 4.05. The van der Waals surface area contributed by atoms with Gasteiger partial charge in [0.1, 0.15) is 12.4 Å². The van der Waals surface area contributed by atoms with E-state index in [4.69, 9.17) is 4.74 Å². The summed E-state index contributed by atoms with van der Waals surface area (Å²) in [5, 5.41) is 6.13. The largest absolute Gasteiger partial charge is 0.487 e. The molecule has 0 bridgehead atoms. The van der Waals surface area contributed by atoms with Gasteiger partial charge in [-0.1, -0.05) is 12.1 Å². The van der Waals surface area contributed by atoms with Crippen LogP contribution in [0.4, 0.5) is 8.78 Å². The van der Waals surface area contributed by atoms with E-state index >= 15 is 0 Å².